The van der Waals surface area contributed by atoms with Crippen LogP contribution in [-0.4, -0.2) is 32.4 Å². The molecule has 1 aromatic carbocycles. The zero-order valence-electron chi connectivity index (χ0n) is 11.5. The number of nitrogens with two attached hydrogens (primary N) is 1. The largest absolute Gasteiger partial charge is 0.497 e. The zero-order chi connectivity index (χ0) is 14.6. The van der Waals surface area contributed by atoms with E-state index in [1.165, 1.54) is 23.5 Å². The van der Waals surface area contributed by atoms with E-state index in [9.17, 15) is 8.42 Å². The van der Waals surface area contributed by atoms with Gasteiger partial charge in [0.25, 0.3) is 0 Å². The molecule has 0 aliphatic carbocycles. The minimum Gasteiger partial charge on any atom is -0.497 e. The van der Waals surface area contributed by atoms with E-state index in [1.807, 2.05) is 0 Å². The number of sulfonamides is 1. The summed E-state index contributed by atoms with van der Waals surface area (Å²) in [5, 5.41) is 0. The van der Waals surface area contributed by atoms with E-state index in [2.05, 4.69) is 6.58 Å². The molecule has 6 heteroatoms. The van der Waals surface area contributed by atoms with Gasteiger partial charge in [-0.15, -0.1) is 6.58 Å². The molecule has 0 saturated carbocycles. The molecule has 0 atom stereocenters. The van der Waals surface area contributed by atoms with Gasteiger partial charge in [-0.2, -0.15) is 4.31 Å². The molecular weight excluding hydrogens is 264 g/mol. The van der Waals surface area contributed by atoms with Crippen molar-refractivity contribution in [3.8, 4) is 5.75 Å². The van der Waals surface area contributed by atoms with Crippen LogP contribution >= 0.6 is 0 Å². The molecule has 0 radical (unpaired) electrons. The molecule has 5 nitrogen and oxygen atoms in total. The highest BCUT2D eigenvalue weighted by molar-refractivity contribution is 7.89. The first-order valence-corrected chi connectivity index (χ1v) is 7.34. The molecule has 0 saturated heterocycles. The van der Waals surface area contributed by atoms with Crippen molar-refractivity contribution in [1.29, 1.82) is 0 Å². The number of nitrogen functional groups attached to an aromatic ring is 1. The molecule has 0 aromatic heterocycles. The Balaban J connectivity index is 3.29. The highest BCUT2D eigenvalue weighted by Crippen LogP contribution is 2.27. The minimum atomic E-state index is -3.64. The number of benzene rings is 1. The second kappa shape index (κ2) is 6.08. The molecule has 0 bridgehead atoms. The minimum absolute atomic E-state index is 0.0869. The first kappa shape index (κ1) is 15.5. The van der Waals surface area contributed by atoms with E-state index in [0.29, 0.717) is 5.75 Å². The number of anilines is 1. The number of rotatable bonds is 6. The summed E-state index contributed by atoms with van der Waals surface area (Å²) in [4.78, 5) is 0.0869. The van der Waals surface area contributed by atoms with Crippen LogP contribution in [0, 0.1) is 0 Å². The van der Waals surface area contributed by atoms with Gasteiger partial charge < -0.3 is 10.5 Å². The van der Waals surface area contributed by atoms with Gasteiger partial charge in [0.2, 0.25) is 10.0 Å². The zero-order valence-corrected chi connectivity index (χ0v) is 12.3. The standard InChI is InChI=1S/C13H20N2O3S/c1-5-8-15(10(2)3)19(16,17)13-7-6-11(18-4)9-12(13)14/h5-7,9-10H,1,8,14H2,2-4H3. The van der Waals surface area contributed by atoms with Crippen LogP contribution in [0.2, 0.25) is 0 Å². The Bertz CT molecular complexity index is 553. The van der Waals surface area contributed by atoms with E-state index in [-0.39, 0.29) is 23.2 Å². The van der Waals surface area contributed by atoms with E-state index < -0.39 is 10.0 Å². The Labute approximate surface area is 114 Å². The SMILES string of the molecule is C=CCN(C(C)C)S(=O)(=O)c1ccc(OC)cc1N. The molecule has 0 unspecified atom stereocenters. The number of ether oxygens (including phenoxy) is 1. The third kappa shape index (κ3) is 3.27. The number of methoxy groups -OCH3 is 1. The lowest BCUT2D eigenvalue weighted by molar-refractivity contribution is 0.383. The van der Waals surface area contributed by atoms with Crippen LogP contribution in [0.15, 0.2) is 35.7 Å². The monoisotopic (exact) mass is 284 g/mol. The molecule has 0 amide bonds. The van der Waals surface area contributed by atoms with Crippen LogP contribution in [0.25, 0.3) is 0 Å². The van der Waals surface area contributed by atoms with Crippen molar-refractivity contribution in [2.45, 2.75) is 24.8 Å². The summed E-state index contributed by atoms with van der Waals surface area (Å²) in [5.41, 5.74) is 5.98. The summed E-state index contributed by atoms with van der Waals surface area (Å²) in [6.07, 6.45) is 1.55. The predicted molar refractivity (Wildman–Crippen MR) is 76.6 cm³/mol. The van der Waals surface area contributed by atoms with E-state index in [1.54, 1.807) is 26.0 Å². The maximum atomic E-state index is 12.5. The van der Waals surface area contributed by atoms with Crippen LogP contribution in [0.1, 0.15) is 13.8 Å². The lowest BCUT2D eigenvalue weighted by atomic mass is 10.3. The molecule has 2 N–H and O–H groups in total. The van der Waals surface area contributed by atoms with Gasteiger partial charge in [-0.05, 0) is 26.0 Å². The first-order valence-electron chi connectivity index (χ1n) is 5.90. The van der Waals surface area contributed by atoms with Crippen molar-refractivity contribution in [2.24, 2.45) is 0 Å². The molecular formula is C13H20N2O3S. The Morgan fingerprint density at radius 2 is 2.11 bits per heavy atom. The fourth-order valence-corrected chi connectivity index (χ4v) is 3.43. The highest BCUT2D eigenvalue weighted by atomic mass is 32.2. The summed E-state index contributed by atoms with van der Waals surface area (Å²) >= 11 is 0. The van der Waals surface area contributed by atoms with Crippen molar-refractivity contribution >= 4 is 15.7 Å². The number of hydrogen-bond acceptors (Lipinski definition) is 4. The van der Waals surface area contributed by atoms with Crippen LogP contribution in [0.3, 0.4) is 0 Å². The van der Waals surface area contributed by atoms with Gasteiger partial charge in [0.05, 0.1) is 12.8 Å². The van der Waals surface area contributed by atoms with E-state index in [4.69, 9.17) is 10.5 Å². The van der Waals surface area contributed by atoms with Gasteiger partial charge in [0.15, 0.2) is 0 Å². The maximum absolute atomic E-state index is 12.5. The molecule has 0 aliphatic heterocycles. The molecule has 0 spiro atoms. The van der Waals surface area contributed by atoms with E-state index in [0.717, 1.165) is 0 Å². The fourth-order valence-electron chi connectivity index (χ4n) is 1.73. The molecule has 1 aromatic rings. The quantitative estimate of drug-likeness (QED) is 0.639. The predicted octanol–water partition coefficient (Wildman–Crippen LogP) is 1.86. The van der Waals surface area contributed by atoms with Gasteiger partial charge in [-0.1, -0.05) is 6.08 Å². The van der Waals surface area contributed by atoms with Crippen LogP contribution in [0.5, 0.6) is 5.75 Å². The lowest BCUT2D eigenvalue weighted by Gasteiger charge is -2.25. The summed E-state index contributed by atoms with van der Waals surface area (Å²) in [5.74, 6) is 0.524. The Hall–Kier alpha value is -1.53. The second-order valence-corrected chi connectivity index (χ2v) is 6.22. The number of nitrogens with zero attached hydrogens (tertiary/aromatic N) is 1. The van der Waals surface area contributed by atoms with Crippen molar-refractivity contribution < 1.29 is 13.2 Å². The molecule has 106 valence electrons. The second-order valence-electron chi connectivity index (χ2n) is 4.36. The highest BCUT2D eigenvalue weighted by Gasteiger charge is 2.27. The number of hydrogen-bond donors (Lipinski definition) is 1. The van der Waals surface area contributed by atoms with Crippen molar-refractivity contribution in [3.63, 3.8) is 0 Å². The van der Waals surface area contributed by atoms with Crippen LogP contribution < -0.4 is 10.5 Å². The third-order valence-electron chi connectivity index (χ3n) is 2.69. The average molecular weight is 284 g/mol. The lowest BCUT2D eigenvalue weighted by Crippen LogP contribution is -2.37. The van der Waals surface area contributed by atoms with Crippen molar-refractivity contribution in [2.75, 3.05) is 19.4 Å². The molecule has 0 fully saturated rings. The average Bonchev–Trinajstić information content (AvgIpc) is 2.34. The van der Waals surface area contributed by atoms with Crippen LogP contribution in [0.4, 0.5) is 5.69 Å². The van der Waals surface area contributed by atoms with Crippen molar-refractivity contribution in [3.05, 3.63) is 30.9 Å². The molecule has 1 rings (SSSR count). The van der Waals surface area contributed by atoms with Crippen LogP contribution in [-0.2, 0) is 10.0 Å². The van der Waals surface area contributed by atoms with Gasteiger partial charge in [0.1, 0.15) is 10.6 Å². The van der Waals surface area contributed by atoms with Gasteiger partial charge in [0, 0.05) is 18.7 Å². The fraction of sp³-hybridized carbons (Fsp3) is 0.385. The molecule has 0 heterocycles. The Morgan fingerprint density at radius 3 is 2.53 bits per heavy atom. The normalized spacial score (nSPS) is 11.8. The maximum Gasteiger partial charge on any atom is 0.245 e. The summed E-state index contributed by atoms with van der Waals surface area (Å²) in [6.45, 7) is 7.44. The van der Waals surface area contributed by atoms with Gasteiger partial charge in [-0.3, -0.25) is 0 Å². The van der Waals surface area contributed by atoms with Gasteiger partial charge >= 0.3 is 0 Å². The summed E-state index contributed by atoms with van der Waals surface area (Å²) in [7, 11) is -2.14. The third-order valence-corrected chi connectivity index (χ3v) is 4.80. The van der Waals surface area contributed by atoms with Crippen molar-refractivity contribution in [1.82, 2.24) is 4.31 Å². The summed E-state index contributed by atoms with van der Waals surface area (Å²) < 4.78 is 31.4. The summed E-state index contributed by atoms with van der Waals surface area (Å²) in [6, 6.07) is 4.36. The smallest absolute Gasteiger partial charge is 0.245 e. The molecule has 0 aliphatic rings. The Kier molecular flexibility index (Phi) is 4.97. The molecule has 19 heavy (non-hydrogen) atoms. The van der Waals surface area contributed by atoms with E-state index >= 15 is 0 Å². The Morgan fingerprint density at radius 1 is 1.47 bits per heavy atom. The topological polar surface area (TPSA) is 72.6 Å². The first-order chi connectivity index (χ1) is 8.84. The van der Waals surface area contributed by atoms with Gasteiger partial charge in [-0.25, -0.2) is 8.42 Å².